The number of halogens is 2. The summed E-state index contributed by atoms with van der Waals surface area (Å²) in [7, 11) is 0. The molecular weight excluding hydrogens is 319 g/mol. The molecule has 102 valence electrons. The highest BCUT2D eigenvalue weighted by molar-refractivity contribution is 9.10. The van der Waals surface area contributed by atoms with Crippen LogP contribution < -0.4 is 0 Å². The summed E-state index contributed by atoms with van der Waals surface area (Å²) in [6, 6.07) is 11.6. The third-order valence-electron chi connectivity index (χ3n) is 3.31. The first-order valence-electron chi connectivity index (χ1n) is 6.51. The molecule has 0 aliphatic carbocycles. The number of hydrogen-bond acceptors (Lipinski definition) is 1. The molecule has 0 atom stereocenters. The predicted molar refractivity (Wildman–Crippen MR) is 82.3 cm³/mol. The largest absolute Gasteiger partial charge is 0.342 e. The van der Waals surface area contributed by atoms with Crippen LogP contribution in [0.2, 0.25) is 0 Å². The number of hydrogen-bond donors (Lipinski definition) is 1. The van der Waals surface area contributed by atoms with Crippen LogP contribution in [-0.2, 0) is 12.8 Å². The Morgan fingerprint density at radius 3 is 2.85 bits per heavy atom. The van der Waals surface area contributed by atoms with Gasteiger partial charge >= 0.3 is 0 Å². The van der Waals surface area contributed by atoms with Gasteiger partial charge in [-0.05, 0) is 40.9 Å². The number of imidazole rings is 1. The molecule has 0 aliphatic rings. The fraction of sp³-hybridized carbons (Fsp3) is 0.188. The molecule has 1 aromatic heterocycles. The number of aryl methyl sites for hydroxylation is 3. The summed E-state index contributed by atoms with van der Waals surface area (Å²) in [4.78, 5) is 7.68. The third-order valence-corrected chi connectivity index (χ3v) is 3.91. The molecule has 0 amide bonds. The van der Waals surface area contributed by atoms with Crippen LogP contribution in [0.5, 0.6) is 0 Å². The van der Waals surface area contributed by atoms with Crippen LogP contribution in [0.1, 0.15) is 17.0 Å². The summed E-state index contributed by atoms with van der Waals surface area (Å²) in [6.45, 7) is 2.09. The van der Waals surface area contributed by atoms with E-state index in [-0.39, 0.29) is 5.82 Å². The smallest absolute Gasteiger partial charge is 0.139 e. The van der Waals surface area contributed by atoms with Crippen molar-refractivity contribution in [3.63, 3.8) is 0 Å². The number of rotatable bonds is 3. The molecule has 0 unspecified atom stereocenters. The number of fused-ring (bicyclic) bond motifs is 1. The average Bonchev–Trinajstić information content (AvgIpc) is 2.79. The number of nitrogens with one attached hydrogen (secondary N) is 1. The zero-order valence-electron chi connectivity index (χ0n) is 11.1. The van der Waals surface area contributed by atoms with Crippen molar-refractivity contribution in [3.05, 3.63) is 63.6 Å². The van der Waals surface area contributed by atoms with Crippen molar-refractivity contribution in [2.45, 2.75) is 19.8 Å². The molecule has 1 heterocycles. The van der Waals surface area contributed by atoms with Crippen LogP contribution in [0.25, 0.3) is 11.0 Å². The van der Waals surface area contributed by atoms with Gasteiger partial charge in [0.25, 0.3) is 0 Å². The van der Waals surface area contributed by atoms with Crippen LogP contribution >= 0.6 is 15.9 Å². The summed E-state index contributed by atoms with van der Waals surface area (Å²) in [5.41, 5.74) is 4.08. The lowest BCUT2D eigenvalue weighted by Crippen LogP contribution is -1.93. The maximum atomic E-state index is 13.5. The second-order valence-electron chi connectivity index (χ2n) is 4.96. The average molecular weight is 333 g/mol. The van der Waals surface area contributed by atoms with Gasteiger partial charge in [-0.1, -0.05) is 29.8 Å². The molecule has 0 radical (unpaired) electrons. The van der Waals surface area contributed by atoms with E-state index in [2.05, 4.69) is 57.1 Å². The number of H-pyrrole nitrogens is 1. The fourth-order valence-electron chi connectivity index (χ4n) is 2.31. The second-order valence-corrected chi connectivity index (χ2v) is 5.81. The molecular formula is C16H14BrFN2. The van der Waals surface area contributed by atoms with Gasteiger partial charge in [-0.15, -0.1) is 0 Å². The first-order chi connectivity index (χ1) is 9.61. The highest BCUT2D eigenvalue weighted by atomic mass is 79.9. The first kappa shape index (κ1) is 13.3. The zero-order chi connectivity index (χ0) is 14.1. The van der Waals surface area contributed by atoms with Crippen molar-refractivity contribution in [3.8, 4) is 0 Å². The molecule has 3 aromatic rings. The van der Waals surface area contributed by atoms with Crippen LogP contribution in [0.15, 0.2) is 40.9 Å². The van der Waals surface area contributed by atoms with Crippen molar-refractivity contribution in [2.24, 2.45) is 0 Å². The summed E-state index contributed by atoms with van der Waals surface area (Å²) < 4.78 is 13.9. The number of aromatic nitrogens is 2. The van der Waals surface area contributed by atoms with Gasteiger partial charge in [0.2, 0.25) is 0 Å². The van der Waals surface area contributed by atoms with Crippen LogP contribution in [0.4, 0.5) is 4.39 Å². The molecule has 0 saturated carbocycles. The first-order valence-corrected chi connectivity index (χ1v) is 7.30. The van der Waals surface area contributed by atoms with Crippen molar-refractivity contribution in [2.75, 3.05) is 0 Å². The highest BCUT2D eigenvalue weighted by Crippen LogP contribution is 2.22. The van der Waals surface area contributed by atoms with E-state index in [0.717, 1.165) is 29.7 Å². The van der Waals surface area contributed by atoms with E-state index in [1.165, 1.54) is 17.2 Å². The zero-order valence-corrected chi connectivity index (χ0v) is 12.7. The fourth-order valence-corrected chi connectivity index (χ4v) is 2.64. The third kappa shape index (κ3) is 2.75. The molecule has 0 aliphatic heterocycles. The topological polar surface area (TPSA) is 28.7 Å². The lowest BCUT2D eigenvalue weighted by atomic mass is 10.1. The summed E-state index contributed by atoms with van der Waals surface area (Å²) in [6.07, 6.45) is 1.74. The highest BCUT2D eigenvalue weighted by Gasteiger charge is 2.07. The standard InChI is InChI=1S/C16H14BrFN2/c1-10-3-2-4-11(7-10)5-6-16-19-14-8-12(17)13(18)9-15(14)20-16/h2-4,7-9H,5-6H2,1H3,(H,19,20). The van der Waals surface area contributed by atoms with Gasteiger partial charge in [-0.25, -0.2) is 9.37 Å². The minimum absolute atomic E-state index is 0.272. The quantitative estimate of drug-likeness (QED) is 0.748. The lowest BCUT2D eigenvalue weighted by Gasteiger charge is -2.00. The van der Waals surface area contributed by atoms with E-state index in [4.69, 9.17) is 0 Å². The van der Waals surface area contributed by atoms with E-state index in [9.17, 15) is 4.39 Å². The molecule has 2 aromatic carbocycles. The van der Waals surface area contributed by atoms with Crippen molar-refractivity contribution >= 4 is 27.0 Å². The van der Waals surface area contributed by atoms with Gasteiger partial charge in [0.15, 0.2) is 0 Å². The van der Waals surface area contributed by atoms with Gasteiger partial charge < -0.3 is 4.98 Å². The molecule has 0 bridgehead atoms. The van der Waals surface area contributed by atoms with Gasteiger partial charge in [0.05, 0.1) is 15.5 Å². The number of nitrogens with zero attached hydrogens (tertiary/aromatic N) is 1. The molecule has 20 heavy (non-hydrogen) atoms. The summed E-state index contributed by atoms with van der Waals surface area (Å²) in [5, 5.41) is 0. The molecule has 3 rings (SSSR count). The number of benzene rings is 2. The lowest BCUT2D eigenvalue weighted by molar-refractivity contribution is 0.623. The van der Waals surface area contributed by atoms with Crippen molar-refractivity contribution in [1.29, 1.82) is 0 Å². The normalized spacial score (nSPS) is 11.2. The maximum Gasteiger partial charge on any atom is 0.139 e. The Morgan fingerprint density at radius 1 is 1.20 bits per heavy atom. The van der Waals surface area contributed by atoms with E-state index in [1.54, 1.807) is 6.07 Å². The number of aromatic amines is 1. The van der Waals surface area contributed by atoms with Crippen LogP contribution in [0, 0.1) is 12.7 Å². The van der Waals surface area contributed by atoms with Gasteiger partial charge in [0.1, 0.15) is 11.6 Å². The van der Waals surface area contributed by atoms with Crippen LogP contribution in [-0.4, -0.2) is 9.97 Å². The van der Waals surface area contributed by atoms with Crippen LogP contribution in [0.3, 0.4) is 0 Å². The molecule has 2 nitrogen and oxygen atoms in total. The Kier molecular flexibility index (Phi) is 3.57. The van der Waals surface area contributed by atoms with Gasteiger partial charge in [0, 0.05) is 12.5 Å². The van der Waals surface area contributed by atoms with E-state index >= 15 is 0 Å². The van der Waals surface area contributed by atoms with E-state index in [0.29, 0.717) is 4.47 Å². The minimum atomic E-state index is -0.272. The predicted octanol–water partition coefficient (Wildman–Crippen LogP) is 4.56. The van der Waals surface area contributed by atoms with E-state index in [1.807, 2.05) is 0 Å². The maximum absolute atomic E-state index is 13.5. The van der Waals surface area contributed by atoms with Crippen molar-refractivity contribution in [1.82, 2.24) is 9.97 Å². The molecule has 0 spiro atoms. The monoisotopic (exact) mass is 332 g/mol. The SMILES string of the molecule is Cc1cccc(CCc2nc3cc(Br)c(F)cc3[nH]2)c1. The van der Waals surface area contributed by atoms with Crippen molar-refractivity contribution < 1.29 is 4.39 Å². The summed E-state index contributed by atoms with van der Waals surface area (Å²) in [5.74, 6) is 0.616. The molecule has 0 fully saturated rings. The molecule has 0 saturated heterocycles. The minimum Gasteiger partial charge on any atom is -0.342 e. The Bertz CT molecular complexity index is 725. The Hall–Kier alpha value is -1.68. The van der Waals surface area contributed by atoms with Gasteiger partial charge in [-0.3, -0.25) is 0 Å². The van der Waals surface area contributed by atoms with E-state index < -0.39 is 0 Å². The molecule has 4 heteroatoms. The Balaban J connectivity index is 1.81. The van der Waals surface area contributed by atoms with Gasteiger partial charge in [-0.2, -0.15) is 0 Å². The Labute approximate surface area is 125 Å². The molecule has 1 N–H and O–H groups in total. The second kappa shape index (κ2) is 5.37. The summed E-state index contributed by atoms with van der Waals surface area (Å²) >= 11 is 3.18. The Morgan fingerprint density at radius 2 is 2.05 bits per heavy atom.